The Morgan fingerprint density at radius 2 is 1.88 bits per heavy atom. The summed E-state index contributed by atoms with van der Waals surface area (Å²) >= 11 is 5.95. The SMILES string of the molecule is Cc1ccc(N2N=N[C@@H]3C(=O)N(c4cccc(Cl)c4)C(=O)[C@@H]32)cc1F. The molecule has 4 rings (SSSR count). The zero-order valence-corrected chi connectivity index (χ0v) is 13.8. The first-order valence-electron chi connectivity index (χ1n) is 7.57. The van der Waals surface area contributed by atoms with Crippen molar-refractivity contribution in [2.24, 2.45) is 10.3 Å². The number of fused-ring (bicyclic) bond motifs is 1. The van der Waals surface area contributed by atoms with Crippen LogP contribution in [0, 0.1) is 12.7 Å². The average molecular weight is 359 g/mol. The summed E-state index contributed by atoms with van der Waals surface area (Å²) in [5.74, 6) is -1.36. The van der Waals surface area contributed by atoms with Gasteiger partial charge in [-0.15, -0.1) is 0 Å². The number of amides is 2. The van der Waals surface area contributed by atoms with E-state index in [2.05, 4.69) is 10.3 Å². The molecule has 0 radical (unpaired) electrons. The van der Waals surface area contributed by atoms with Gasteiger partial charge >= 0.3 is 0 Å². The van der Waals surface area contributed by atoms with E-state index in [1.165, 1.54) is 17.1 Å². The Hall–Kier alpha value is -2.80. The van der Waals surface area contributed by atoms with Crippen LogP contribution in [0.25, 0.3) is 0 Å². The minimum Gasteiger partial charge on any atom is -0.271 e. The van der Waals surface area contributed by atoms with Crippen LogP contribution in [0.2, 0.25) is 5.02 Å². The lowest BCUT2D eigenvalue weighted by Gasteiger charge is -2.21. The number of halogens is 2. The third-order valence-electron chi connectivity index (χ3n) is 4.27. The number of hydrogen-bond donors (Lipinski definition) is 0. The molecule has 2 amide bonds. The minimum atomic E-state index is -0.948. The van der Waals surface area contributed by atoms with E-state index in [1.54, 1.807) is 37.3 Å². The lowest BCUT2D eigenvalue weighted by atomic mass is 10.1. The number of benzene rings is 2. The van der Waals surface area contributed by atoms with Crippen molar-refractivity contribution in [3.8, 4) is 0 Å². The Morgan fingerprint density at radius 3 is 2.60 bits per heavy atom. The van der Waals surface area contributed by atoms with Crippen molar-refractivity contribution in [1.82, 2.24) is 0 Å². The third-order valence-corrected chi connectivity index (χ3v) is 4.50. The number of hydrogen-bond acceptors (Lipinski definition) is 5. The molecule has 126 valence electrons. The maximum Gasteiger partial charge on any atom is 0.263 e. The molecule has 2 heterocycles. The fourth-order valence-electron chi connectivity index (χ4n) is 2.97. The molecule has 0 aromatic heterocycles. The number of carbonyl (C=O) groups is 2. The van der Waals surface area contributed by atoms with Crippen LogP contribution >= 0.6 is 11.6 Å². The number of rotatable bonds is 2. The van der Waals surface area contributed by atoms with E-state index in [9.17, 15) is 14.0 Å². The second kappa shape index (κ2) is 5.63. The number of imide groups is 1. The molecule has 2 aromatic rings. The van der Waals surface area contributed by atoms with E-state index >= 15 is 0 Å². The molecule has 1 saturated heterocycles. The maximum atomic E-state index is 13.9. The van der Waals surface area contributed by atoms with E-state index in [-0.39, 0.29) is 0 Å². The Morgan fingerprint density at radius 1 is 1.08 bits per heavy atom. The van der Waals surface area contributed by atoms with Crippen molar-refractivity contribution in [1.29, 1.82) is 0 Å². The van der Waals surface area contributed by atoms with E-state index in [4.69, 9.17) is 11.6 Å². The Kier molecular flexibility index (Phi) is 3.54. The molecular formula is C17H12ClFN4O2. The average Bonchev–Trinajstić information content (AvgIpc) is 3.11. The minimum absolute atomic E-state index is 0.369. The standard InChI is InChI=1S/C17H12ClFN4O2/c1-9-5-6-12(8-13(9)19)23-15-14(20-21-23)16(24)22(17(15)25)11-4-2-3-10(18)7-11/h2-8,14-15H,1H3/t14-,15+/m0/s1. The van der Waals surface area contributed by atoms with Gasteiger partial charge in [0.05, 0.1) is 11.4 Å². The first kappa shape index (κ1) is 15.7. The van der Waals surface area contributed by atoms with Gasteiger partial charge in [-0.25, -0.2) is 14.3 Å². The molecule has 0 unspecified atom stereocenters. The monoisotopic (exact) mass is 358 g/mol. The van der Waals surface area contributed by atoms with Gasteiger partial charge < -0.3 is 0 Å². The topological polar surface area (TPSA) is 65.3 Å². The molecule has 0 bridgehead atoms. The number of carbonyl (C=O) groups excluding carboxylic acids is 2. The van der Waals surface area contributed by atoms with Gasteiger partial charge in [-0.2, -0.15) is 5.11 Å². The molecule has 2 aliphatic rings. The Labute approximate surface area is 147 Å². The zero-order valence-electron chi connectivity index (χ0n) is 13.1. The summed E-state index contributed by atoms with van der Waals surface area (Å²) in [4.78, 5) is 26.5. The van der Waals surface area contributed by atoms with Gasteiger partial charge in [-0.3, -0.25) is 9.59 Å². The van der Waals surface area contributed by atoms with Gasteiger partial charge in [-0.1, -0.05) is 29.0 Å². The number of aryl methyl sites for hydroxylation is 1. The molecule has 1 fully saturated rings. The summed E-state index contributed by atoms with van der Waals surface area (Å²) in [7, 11) is 0. The number of anilines is 2. The molecule has 2 atom stereocenters. The summed E-state index contributed by atoms with van der Waals surface area (Å²) in [5.41, 5.74) is 1.22. The second-order valence-corrected chi connectivity index (χ2v) is 6.30. The lowest BCUT2D eigenvalue weighted by molar-refractivity contribution is -0.121. The lowest BCUT2D eigenvalue weighted by Crippen LogP contribution is -2.40. The molecule has 0 spiro atoms. The summed E-state index contributed by atoms with van der Waals surface area (Å²) < 4.78 is 13.9. The molecule has 8 heteroatoms. The summed E-state index contributed by atoms with van der Waals surface area (Å²) in [6.07, 6.45) is 0. The fourth-order valence-corrected chi connectivity index (χ4v) is 3.15. The van der Waals surface area contributed by atoms with Gasteiger partial charge in [0.15, 0.2) is 12.1 Å². The summed E-state index contributed by atoms with van der Waals surface area (Å²) in [6, 6.07) is 9.09. The maximum absolute atomic E-state index is 13.9. The highest BCUT2D eigenvalue weighted by Crippen LogP contribution is 2.35. The van der Waals surface area contributed by atoms with Gasteiger partial charge in [0.25, 0.3) is 11.8 Å². The highest BCUT2D eigenvalue weighted by Gasteiger charge is 2.55. The van der Waals surface area contributed by atoms with Crippen LogP contribution in [-0.2, 0) is 9.59 Å². The predicted molar refractivity (Wildman–Crippen MR) is 90.0 cm³/mol. The van der Waals surface area contributed by atoms with Crippen molar-refractivity contribution in [2.75, 3.05) is 9.91 Å². The van der Waals surface area contributed by atoms with Gasteiger partial charge in [0, 0.05) is 5.02 Å². The molecule has 0 aliphatic carbocycles. The van der Waals surface area contributed by atoms with Crippen molar-refractivity contribution >= 4 is 34.8 Å². The molecule has 25 heavy (non-hydrogen) atoms. The van der Waals surface area contributed by atoms with Gasteiger partial charge in [0.1, 0.15) is 5.82 Å². The molecule has 0 saturated carbocycles. The van der Waals surface area contributed by atoms with Gasteiger partial charge in [0.2, 0.25) is 0 Å². The first-order chi connectivity index (χ1) is 12.0. The summed E-state index contributed by atoms with van der Waals surface area (Å²) in [5, 5.41) is 9.53. The Balaban J connectivity index is 1.71. The summed E-state index contributed by atoms with van der Waals surface area (Å²) in [6.45, 7) is 1.64. The smallest absolute Gasteiger partial charge is 0.263 e. The van der Waals surface area contributed by atoms with Crippen LogP contribution in [0.3, 0.4) is 0 Å². The van der Waals surface area contributed by atoms with Crippen LogP contribution < -0.4 is 9.91 Å². The third kappa shape index (κ3) is 2.39. The molecule has 0 N–H and O–H groups in total. The second-order valence-electron chi connectivity index (χ2n) is 5.86. The van der Waals surface area contributed by atoms with Crippen LogP contribution in [0.15, 0.2) is 52.8 Å². The van der Waals surface area contributed by atoms with Crippen molar-refractivity contribution in [3.63, 3.8) is 0 Å². The zero-order chi connectivity index (χ0) is 17.7. The number of nitrogens with zero attached hydrogens (tertiary/aromatic N) is 4. The first-order valence-corrected chi connectivity index (χ1v) is 7.95. The largest absolute Gasteiger partial charge is 0.271 e. The van der Waals surface area contributed by atoms with E-state index < -0.39 is 29.7 Å². The predicted octanol–water partition coefficient (Wildman–Crippen LogP) is 3.29. The van der Waals surface area contributed by atoms with Crippen LogP contribution in [0.4, 0.5) is 15.8 Å². The molecule has 6 nitrogen and oxygen atoms in total. The van der Waals surface area contributed by atoms with E-state index in [0.29, 0.717) is 22.0 Å². The van der Waals surface area contributed by atoms with E-state index in [0.717, 1.165) is 4.90 Å². The highest BCUT2D eigenvalue weighted by molar-refractivity contribution is 6.31. The quantitative estimate of drug-likeness (QED) is 0.774. The van der Waals surface area contributed by atoms with Crippen LogP contribution in [0.1, 0.15) is 5.56 Å². The molecule has 2 aromatic carbocycles. The van der Waals surface area contributed by atoms with E-state index in [1.807, 2.05) is 0 Å². The fraction of sp³-hybridized carbons (Fsp3) is 0.176. The van der Waals surface area contributed by atoms with Crippen molar-refractivity contribution in [2.45, 2.75) is 19.0 Å². The van der Waals surface area contributed by atoms with Crippen LogP contribution in [0.5, 0.6) is 0 Å². The molecule has 2 aliphatic heterocycles. The van der Waals surface area contributed by atoms with Crippen LogP contribution in [-0.4, -0.2) is 23.9 Å². The van der Waals surface area contributed by atoms with Crippen molar-refractivity contribution in [3.05, 3.63) is 58.9 Å². The Bertz CT molecular complexity index is 933. The van der Waals surface area contributed by atoms with Gasteiger partial charge in [-0.05, 0) is 42.8 Å². The normalized spacial score (nSPS) is 22.0. The van der Waals surface area contributed by atoms with Crippen molar-refractivity contribution < 1.29 is 14.0 Å². The molecular weight excluding hydrogens is 347 g/mol. The highest BCUT2D eigenvalue weighted by atomic mass is 35.5.